The van der Waals surface area contributed by atoms with Crippen LogP contribution in [0.25, 0.3) is 11.1 Å². The molecule has 1 fully saturated rings. The Morgan fingerprint density at radius 3 is 2.36 bits per heavy atom. The fourth-order valence-electron chi connectivity index (χ4n) is 4.79. The highest BCUT2D eigenvalue weighted by Gasteiger charge is 2.51. The minimum atomic E-state index is -4.61. The number of alkyl halides is 3. The van der Waals surface area contributed by atoms with Crippen LogP contribution < -0.4 is 5.32 Å². The van der Waals surface area contributed by atoms with Crippen molar-refractivity contribution in [2.75, 3.05) is 5.32 Å². The van der Waals surface area contributed by atoms with Crippen LogP contribution >= 0.6 is 0 Å². The summed E-state index contributed by atoms with van der Waals surface area (Å²) in [6.07, 6.45) is 0.196. The van der Waals surface area contributed by atoms with Crippen molar-refractivity contribution < 1.29 is 22.4 Å². The van der Waals surface area contributed by atoms with Crippen molar-refractivity contribution in [2.45, 2.75) is 50.6 Å². The first-order chi connectivity index (χ1) is 15.7. The van der Waals surface area contributed by atoms with E-state index in [9.17, 15) is 22.4 Å². The van der Waals surface area contributed by atoms with Crippen LogP contribution in [-0.4, -0.2) is 5.91 Å². The van der Waals surface area contributed by atoms with E-state index in [4.69, 9.17) is 0 Å². The van der Waals surface area contributed by atoms with E-state index in [1.165, 1.54) is 11.1 Å². The van der Waals surface area contributed by atoms with Crippen LogP contribution in [0.3, 0.4) is 0 Å². The molecule has 0 spiro atoms. The Hall–Kier alpha value is -3.15. The number of carbonyl (C=O) groups excluding carboxylic acids is 1. The van der Waals surface area contributed by atoms with Crippen LogP contribution in [0.15, 0.2) is 54.6 Å². The van der Waals surface area contributed by atoms with Crippen LogP contribution in [0.1, 0.15) is 47.1 Å². The molecule has 0 heterocycles. The molecule has 0 radical (unpaired) electrons. The molecule has 33 heavy (non-hydrogen) atoms. The van der Waals surface area contributed by atoms with Gasteiger partial charge in [0.25, 0.3) is 0 Å². The Kier molecular flexibility index (Phi) is 5.07. The van der Waals surface area contributed by atoms with E-state index < -0.39 is 23.0 Å². The van der Waals surface area contributed by atoms with E-state index in [0.29, 0.717) is 22.9 Å². The molecule has 170 valence electrons. The minimum Gasteiger partial charge on any atom is -0.325 e. The number of hydrogen-bond donors (Lipinski definition) is 1. The molecule has 6 heteroatoms. The van der Waals surface area contributed by atoms with E-state index in [-0.39, 0.29) is 11.5 Å². The summed E-state index contributed by atoms with van der Waals surface area (Å²) in [5, 5.41) is 2.96. The number of carbonyl (C=O) groups is 1. The molecule has 2 aliphatic carbocycles. The molecular formula is C27H23F4NO. The third-order valence-electron chi connectivity index (χ3n) is 6.92. The van der Waals surface area contributed by atoms with Crippen molar-refractivity contribution in [3.63, 3.8) is 0 Å². The van der Waals surface area contributed by atoms with E-state index in [1.807, 2.05) is 0 Å². The van der Waals surface area contributed by atoms with Crippen molar-refractivity contribution in [2.24, 2.45) is 0 Å². The van der Waals surface area contributed by atoms with Gasteiger partial charge in [-0.2, -0.15) is 13.2 Å². The molecule has 3 aromatic carbocycles. The second-order valence-electron chi connectivity index (χ2n) is 9.10. The van der Waals surface area contributed by atoms with E-state index in [1.54, 1.807) is 25.1 Å². The predicted octanol–water partition coefficient (Wildman–Crippen LogP) is 6.98. The zero-order chi connectivity index (χ0) is 23.4. The van der Waals surface area contributed by atoms with Gasteiger partial charge in [0.2, 0.25) is 5.91 Å². The van der Waals surface area contributed by atoms with E-state index in [2.05, 4.69) is 23.5 Å². The number of halogens is 4. The molecule has 0 atom stereocenters. The van der Waals surface area contributed by atoms with Crippen molar-refractivity contribution in [1.82, 2.24) is 0 Å². The molecule has 0 saturated heterocycles. The number of amides is 1. The number of aryl methyl sites for hydroxylation is 3. The van der Waals surface area contributed by atoms with Crippen molar-refractivity contribution in [1.29, 1.82) is 0 Å². The Balaban J connectivity index is 1.42. The smallest absolute Gasteiger partial charge is 0.325 e. The van der Waals surface area contributed by atoms with Crippen molar-refractivity contribution in [3.8, 4) is 11.1 Å². The zero-order valence-electron chi connectivity index (χ0n) is 18.2. The normalized spacial score (nSPS) is 16.4. The summed E-state index contributed by atoms with van der Waals surface area (Å²) in [5.74, 6) is -1.06. The molecule has 1 N–H and O–H groups in total. The molecule has 1 saturated carbocycles. The highest BCUT2D eigenvalue weighted by Crippen LogP contribution is 2.50. The lowest BCUT2D eigenvalue weighted by molar-refractivity contribution is -0.137. The maximum atomic E-state index is 14.6. The summed E-state index contributed by atoms with van der Waals surface area (Å²) >= 11 is 0. The summed E-state index contributed by atoms with van der Waals surface area (Å²) < 4.78 is 53.3. The van der Waals surface area contributed by atoms with Gasteiger partial charge in [-0.25, -0.2) is 4.39 Å². The number of anilines is 1. The lowest BCUT2D eigenvalue weighted by atomic mass is 9.92. The van der Waals surface area contributed by atoms with Crippen LogP contribution in [0.5, 0.6) is 0 Å². The average Bonchev–Trinajstić information content (AvgIpc) is 3.45. The highest BCUT2D eigenvalue weighted by molar-refractivity contribution is 6.02. The highest BCUT2D eigenvalue weighted by atomic mass is 19.4. The van der Waals surface area contributed by atoms with Crippen LogP contribution in [0.2, 0.25) is 0 Å². The lowest BCUT2D eigenvalue weighted by Crippen LogP contribution is -2.28. The quantitative estimate of drug-likeness (QED) is 0.424. The molecule has 3 aromatic rings. The van der Waals surface area contributed by atoms with Gasteiger partial charge in [-0.05, 0) is 91.1 Å². The molecule has 1 amide bonds. The number of benzene rings is 3. The van der Waals surface area contributed by atoms with Crippen molar-refractivity contribution in [3.05, 3.63) is 88.2 Å². The summed E-state index contributed by atoms with van der Waals surface area (Å²) in [7, 11) is 0. The third kappa shape index (κ3) is 3.92. The van der Waals surface area contributed by atoms with Crippen molar-refractivity contribution >= 4 is 11.6 Å². The first kappa shape index (κ1) is 21.7. The third-order valence-corrected chi connectivity index (χ3v) is 6.92. The van der Waals surface area contributed by atoms with Gasteiger partial charge in [-0.1, -0.05) is 30.3 Å². The molecule has 2 aliphatic rings. The maximum Gasteiger partial charge on any atom is 0.416 e. The number of rotatable bonds is 4. The SMILES string of the molecule is Cc1ccc(NC(=O)C2(c3ccc4c(c3)CCC4)CC2)cc1-c1ccc(C(F)(F)F)cc1F. The van der Waals surface area contributed by atoms with E-state index in [0.717, 1.165) is 49.8 Å². The summed E-state index contributed by atoms with van der Waals surface area (Å²) in [5.41, 5.74) is 3.83. The van der Waals surface area contributed by atoms with Gasteiger partial charge in [-0.15, -0.1) is 0 Å². The standard InChI is InChI=1S/C27H23F4NO/c1-16-5-9-21(15-23(16)22-10-8-20(14-24(22)28)27(29,30)31)32-25(33)26(11-12-26)19-7-6-17-3-2-4-18(17)13-19/h5-10,13-15H,2-4,11-12H2,1H3,(H,32,33). The summed E-state index contributed by atoms with van der Waals surface area (Å²) in [4.78, 5) is 13.2. The number of fused-ring (bicyclic) bond motifs is 1. The second-order valence-corrected chi connectivity index (χ2v) is 9.10. The fourth-order valence-corrected chi connectivity index (χ4v) is 4.79. The summed E-state index contributed by atoms with van der Waals surface area (Å²) in [6.45, 7) is 1.75. The molecule has 0 aromatic heterocycles. The van der Waals surface area contributed by atoms with Gasteiger partial charge in [0.05, 0.1) is 11.0 Å². The first-order valence-corrected chi connectivity index (χ1v) is 11.1. The first-order valence-electron chi connectivity index (χ1n) is 11.1. The molecule has 0 unspecified atom stereocenters. The van der Waals surface area contributed by atoms with Gasteiger partial charge >= 0.3 is 6.18 Å². The molecule has 2 nitrogen and oxygen atoms in total. The number of hydrogen-bond acceptors (Lipinski definition) is 1. The Morgan fingerprint density at radius 2 is 1.67 bits per heavy atom. The van der Waals surface area contributed by atoms with Crippen LogP contribution in [0, 0.1) is 12.7 Å². The molecule has 0 aliphatic heterocycles. The minimum absolute atomic E-state index is 0.0661. The predicted molar refractivity (Wildman–Crippen MR) is 120 cm³/mol. The maximum absolute atomic E-state index is 14.6. The molecule has 0 bridgehead atoms. The largest absolute Gasteiger partial charge is 0.416 e. The van der Waals surface area contributed by atoms with Gasteiger partial charge in [0.1, 0.15) is 5.82 Å². The topological polar surface area (TPSA) is 29.1 Å². The molecular weight excluding hydrogens is 430 g/mol. The summed E-state index contributed by atoms with van der Waals surface area (Å²) in [6, 6.07) is 13.9. The Bertz CT molecular complexity index is 1260. The second kappa shape index (κ2) is 7.72. The van der Waals surface area contributed by atoms with Gasteiger partial charge in [0.15, 0.2) is 0 Å². The van der Waals surface area contributed by atoms with E-state index >= 15 is 0 Å². The van der Waals surface area contributed by atoms with Gasteiger partial charge < -0.3 is 5.32 Å². The molecule has 5 rings (SSSR count). The average molecular weight is 453 g/mol. The van der Waals surface area contributed by atoms with Crippen LogP contribution in [-0.2, 0) is 29.2 Å². The zero-order valence-corrected chi connectivity index (χ0v) is 18.2. The van der Waals surface area contributed by atoms with Crippen LogP contribution in [0.4, 0.5) is 23.2 Å². The van der Waals surface area contributed by atoms with Gasteiger partial charge in [0, 0.05) is 11.3 Å². The number of nitrogens with one attached hydrogen (secondary N) is 1. The monoisotopic (exact) mass is 453 g/mol. The lowest BCUT2D eigenvalue weighted by Gasteiger charge is -2.18. The Labute approximate surface area is 189 Å². The Morgan fingerprint density at radius 1 is 0.909 bits per heavy atom. The van der Waals surface area contributed by atoms with Gasteiger partial charge in [-0.3, -0.25) is 4.79 Å². The fraction of sp³-hybridized carbons (Fsp3) is 0.296.